The van der Waals surface area contributed by atoms with E-state index in [1.165, 1.54) is 0 Å². The number of hydrogen-bond acceptors (Lipinski definition) is 2. The van der Waals surface area contributed by atoms with Gasteiger partial charge in [-0.3, -0.25) is 4.57 Å². The number of halogens is 3. The summed E-state index contributed by atoms with van der Waals surface area (Å²) in [5, 5.41) is 1.52. The average Bonchev–Trinajstić information content (AvgIpc) is 2.90. The van der Waals surface area contributed by atoms with Gasteiger partial charge in [0.1, 0.15) is 12.1 Å². The van der Waals surface area contributed by atoms with Crippen LogP contribution in [0.25, 0.3) is 5.88 Å². The van der Waals surface area contributed by atoms with Gasteiger partial charge in [0.05, 0.1) is 10.1 Å². The van der Waals surface area contributed by atoms with Crippen molar-refractivity contribution in [3.63, 3.8) is 0 Å². The molecule has 0 spiro atoms. The van der Waals surface area contributed by atoms with Gasteiger partial charge >= 0.3 is 0 Å². The molecule has 6 heteroatoms. The van der Waals surface area contributed by atoms with E-state index in [2.05, 4.69) is 4.98 Å². The molecule has 0 bridgehead atoms. The highest BCUT2D eigenvalue weighted by molar-refractivity contribution is 6.35. The second kappa shape index (κ2) is 6.30. The first-order chi connectivity index (χ1) is 9.79. The van der Waals surface area contributed by atoms with Crippen molar-refractivity contribution < 1.29 is 4.74 Å². The lowest BCUT2D eigenvalue weighted by molar-refractivity contribution is 0.448. The molecule has 0 amide bonds. The van der Waals surface area contributed by atoms with Crippen molar-refractivity contribution in [2.24, 2.45) is 5.41 Å². The molecule has 0 aliphatic heterocycles. The number of hydrogen-bond donors (Lipinski definition) is 0. The van der Waals surface area contributed by atoms with Gasteiger partial charge in [-0.05, 0) is 18.2 Å². The van der Waals surface area contributed by atoms with E-state index in [1.807, 2.05) is 20.8 Å². The van der Waals surface area contributed by atoms with E-state index < -0.39 is 0 Å². The summed E-state index contributed by atoms with van der Waals surface area (Å²) in [5.74, 6) is 0.943. The van der Waals surface area contributed by atoms with E-state index in [-0.39, 0.29) is 5.41 Å². The summed E-state index contributed by atoms with van der Waals surface area (Å²) in [6, 6.07) is 5.03. The number of benzene rings is 1. The Labute approximate surface area is 139 Å². The van der Waals surface area contributed by atoms with Crippen molar-refractivity contribution in [2.75, 3.05) is 0 Å². The zero-order valence-corrected chi connectivity index (χ0v) is 14.2. The minimum absolute atomic E-state index is 0.278. The standard InChI is InChI=1S/C15H15Cl3N2O/c1-15(2,3)13(18)14(20-7-6-19-9-20)21-12-5-4-10(16)8-11(12)17/h4-9H,1-3H3/b14-13+. The van der Waals surface area contributed by atoms with Gasteiger partial charge in [-0.15, -0.1) is 0 Å². The van der Waals surface area contributed by atoms with Gasteiger partial charge in [0.15, 0.2) is 0 Å². The maximum atomic E-state index is 6.48. The van der Waals surface area contributed by atoms with Crippen molar-refractivity contribution in [1.29, 1.82) is 0 Å². The Bertz CT molecular complexity index is 658. The molecule has 3 nitrogen and oxygen atoms in total. The fraction of sp³-hybridized carbons (Fsp3) is 0.267. The number of imidazole rings is 1. The van der Waals surface area contributed by atoms with Gasteiger partial charge in [-0.25, -0.2) is 4.98 Å². The average molecular weight is 346 g/mol. The highest BCUT2D eigenvalue weighted by Gasteiger charge is 2.23. The first-order valence-electron chi connectivity index (χ1n) is 6.30. The minimum Gasteiger partial charge on any atom is -0.438 e. The molecule has 0 fully saturated rings. The molecular formula is C15H15Cl3N2O. The molecule has 21 heavy (non-hydrogen) atoms. The predicted molar refractivity (Wildman–Crippen MR) is 87.8 cm³/mol. The van der Waals surface area contributed by atoms with Crippen molar-refractivity contribution in [3.05, 3.63) is 52.0 Å². The van der Waals surface area contributed by atoms with Crippen LogP contribution in [0, 0.1) is 5.41 Å². The lowest BCUT2D eigenvalue weighted by Gasteiger charge is -2.22. The van der Waals surface area contributed by atoms with Crippen LogP contribution in [0.3, 0.4) is 0 Å². The maximum absolute atomic E-state index is 6.48. The van der Waals surface area contributed by atoms with Crippen molar-refractivity contribution >= 4 is 40.7 Å². The van der Waals surface area contributed by atoms with Crippen LogP contribution in [-0.4, -0.2) is 9.55 Å². The second-order valence-corrected chi connectivity index (χ2v) is 6.74. The summed E-state index contributed by atoms with van der Waals surface area (Å²) < 4.78 is 7.62. The Morgan fingerprint density at radius 3 is 2.48 bits per heavy atom. The van der Waals surface area contributed by atoms with Gasteiger partial charge in [-0.2, -0.15) is 0 Å². The van der Waals surface area contributed by atoms with Crippen LogP contribution in [0.4, 0.5) is 0 Å². The van der Waals surface area contributed by atoms with Crippen molar-refractivity contribution in [1.82, 2.24) is 9.55 Å². The summed E-state index contributed by atoms with van der Waals surface area (Å²) in [6.07, 6.45) is 5.03. The molecule has 2 aromatic rings. The lowest BCUT2D eigenvalue weighted by atomic mass is 9.96. The largest absolute Gasteiger partial charge is 0.438 e. The Morgan fingerprint density at radius 1 is 1.24 bits per heavy atom. The lowest BCUT2D eigenvalue weighted by Crippen LogP contribution is -2.13. The van der Waals surface area contributed by atoms with E-state index >= 15 is 0 Å². The Morgan fingerprint density at radius 2 is 1.95 bits per heavy atom. The highest BCUT2D eigenvalue weighted by atomic mass is 35.5. The molecule has 0 aliphatic carbocycles. The monoisotopic (exact) mass is 344 g/mol. The third-order valence-electron chi connectivity index (χ3n) is 2.69. The van der Waals surface area contributed by atoms with Gasteiger partial charge in [0, 0.05) is 22.8 Å². The number of ether oxygens (including phenoxy) is 1. The first-order valence-corrected chi connectivity index (χ1v) is 7.44. The van der Waals surface area contributed by atoms with Crippen LogP contribution < -0.4 is 4.74 Å². The molecule has 0 aliphatic rings. The van der Waals surface area contributed by atoms with E-state index in [0.717, 1.165) is 0 Å². The van der Waals surface area contributed by atoms with E-state index in [4.69, 9.17) is 39.5 Å². The number of nitrogens with zero attached hydrogens (tertiary/aromatic N) is 2. The summed E-state index contributed by atoms with van der Waals surface area (Å²) >= 11 is 18.5. The highest BCUT2D eigenvalue weighted by Crippen LogP contribution is 2.36. The molecule has 0 radical (unpaired) electrons. The molecule has 1 aromatic heterocycles. The zero-order valence-electron chi connectivity index (χ0n) is 11.9. The van der Waals surface area contributed by atoms with Crippen molar-refractivity contribution in [3.8, 4) is 5.75 Å². The summed E-state index contributed by atoms with van der Waals surface area (Å²) in [4.78, 5) is 4.02. The molecule has 0 saturated carbocycles. The topological polar surface area (TPSA) is 27.1 Å². The summed E-state index contributed by atoms with van der Waals surface area (Å²) in [6.45, 7) is 6.00. The zero-order chi connectivity index (χ0) is 15.6. The quantitative estimate of drug-likeness (QED) is 0.669. The molecule has 112 valence electrons. The van der Waals surface area contributed by atoms with Crippen LogP contribution in [0.1, 0.15) is 20.8 Å². The first kappa shape index (κ1) is 16.2. The molecule has 1 heterocycles. The van der Waals surface area contributed by atoms with Gasteiger partial charge < -0.3 is 4.74 Å². The third kappa shape index (κ3) is 3.94. The van der Waals surface area contributed by atoms with Crippen LogP contribution >= 0.6 is 34.8 Å². The molecule has 0 saturated heterocycles. The third-order valence-corrected chi connectivity index (χ3v) is 3.94. The number of aromatic nitrogens is 2. The Hall–Kier alpha value is -1.16. The van der Waals surface area contributed by atoms with Gasteiger partial charge in [0.2, 0.25) is 5.88 Å². The smallest absolute Gasteiger partial charge is 0.220 e. The van der Waals surface area contributed by atoms with Crippen LogP contribution in [-0.2, 0) is 0 Å². The SMILES string of the molecule is CC(C)(C)/C(Cl)=C(\Oc1ccc(Cl)cc1Cl)n1ccnc1. The Kier molecular flexibility index (Phi) is 4.87. The Balaban J connectivity index is 2.47. The van der Waals surface area contributed by atoms with E-state index in [9.17, 15) is 0 Å². The summed E-state index contributed by atoms with van der Waals surface area (Å²) in [7, 11) is 0. The molecule has 0 atom stereocenters. The fourth-order valence-electron chi connectivity index (χ4n) is 1.57. The van der Waals surface area contributed by atoms with Crippen molar-refractivity contribution in [2.45, 2.75) is 20.8 Å². The molecule has 1 aromatic carbocycles. The fourth-order valence-corrected chi connectivity index (χ4v) is 2.16. The van der Waals surface area contributed by atoms with E-state index in [1.54, 1.807) is 41.5 Å². The maximum Gasteiger partial charge on any atom is 0.220 e. The van der Waals surface area contributed by atoms with Gasteiger partial charge in [-0.1, -0.05) is 55.6 Å². The predicted octanol–water partition coefficient (Wildman–Crippen LogP) is 5.68. The van der Waals surface area contributed by atoms with Crippen LogP contribution in [0.2, 0.25) is 10.0 Å². The second-order valence-electron chi connectivity index (χ2n) is 5.52. The van der Waals surface area contributed by atoms with Crippen LogP contribution in [0.15, 0.2) is 42.0 Å². The molecule has 0 N–H and O–H groups in total. The summed E-state index contributed by atoms with van der Waals surface area (Å²) in [5.41, 5.74) is -0.278. The van der Waals surface area contributed by atoms with Gasteiger partial charge in [0.25, 0.3) is 0 Å². The molecule has 0 unspecified atom stereocenters. The number of allylic oxidation sites excluding steroid dienone is 1. The van der Waals surface area contributed by atoms with Crippen LogP contribution in [0.5, 0.6) is 5.75 Å². The number of rotatable bonds is 3. The molecular weight excluding hydrogens is 331 g/mol. The van der Waals surface area contributed by atoms with E-state index in [0.29, 0.717) is 26.7 Å². The normalized spacial score (nSPS) is 13.0. The minimum atomic E-state index is -0.278. The molecule has 2 rings (SSSR count).